The summed E-state index contributed by atoms with van der Waals surface area (Å²) in [5.41, 5.74) is 0.502. The van der Waals surface area contributed by atoms with Crippen molar-refractivity contribution in [1.29, 1.82) is 0 Å². The van der Waals surface area contributed by atoms with Gasteiger partial charge in [-0.1, -0.05) is 19.9 Å². The highest BCUT2D eigenvalue weighted by atomic mass is 19.1. The van der Waals surface area contributed by atoms with Gasteiger partial charge in [-0.2, -0.15) is 0 Å². The second kappa shape index (κ2) is 9.02. The smallest absolute Gasteiger partial charge is 0.257 e. The van der Waals surface area contributed by atoms with Crippen molar-refractivity contribution in [1.82, 2.24) is 5.32 Å². The van der Waals surface area contributed by atoms with Gasteiger partial charge in [0, 0.05) is 24.3 Å². The molecule has 0 bridgehead atoms. The normalized spacial score (nSPS) is 14.7. The number of hydrogen-bond donors (Lipinski definition) is 2. The Kier molecular flexibility index (Phi) is 6.44. The molecule has 0 aliphatic carbocycles. The number of nitrogens with one attached hydrogen (secondary N) is 2. The molecule has 1 aliphatic rings. The van der Waals surface area contributed by atoms with E-state index in [-0.39, 0.29) is 11.8 Å². The van der Waals surface area contributed by atoms with Gasteiger partial charge < -0.3 is 15.5 Å². The molecule has 30 heavy (non-hydrogen) atoms. The van der Waals surface area contributed by atoms with Crippen LogP contribution in [0.2, 0.25) is 0 Å². The Morgan fingerprint density at radius 3 is 2.20 bits per heavy atom. The third-order valence-corrected chi connectivity index (χ3v) is 4.95. The topological polar surface area (TPSA) is 78.5 Å². The molecule has 1 heterocycles. The number of carbonyl (C=O) groups excluding carboxylic acids is 3. The van der Waals surface area contributed by atoms with Crippen molar-refractivity contribution in [3.8, 4) is 0 Å². The van der Waals surface area contributed by atoms with E-state index in [1.807, 2.05) is 0 Å². The highest BCUT2D eigenvalue weighted by molar-refractivity contribution is 6.02. The van der Waals surface area contributed by atoms with Crippen molar-refractivity contribution >= 4 is 29.1 Å². The number of carbonyl (C=O) groups is 3. The Labute approximate surface area is 173 Å². The summed E-state index contributed by atoms with van der Waals surface area (Å²) in [5.74, 6) is -3.77. The first-order chi connectivity index (χ1) is 14.3. The van der Waals surface area contributed by atoms with E-state index in [1.165, 1.54) is 0 Å². The summed E-state index contributed by atoms with van der Waals surface area (Å²) < 4.78 is 27.7. The lowest BCUT2D eigenvalue weighted by Gasteiger charge is -2.22. The standard InChI is InChI=1S/C22H23F2N3O3/c1-13(2)20(26-21(29)19-16(23)5-3-6-17(19)24)22(30)25-14-8-10-15(11-9-14)27-12-4-7-18(27)28/h3,5-6,8-11,13,20H,4,7,12H2,1-2H3,(H,25,30)(H,26,29)/t20-/m0/s1. The predicted octanol–water partition coefficient (Wildman–Crippen LogP) is 3.48. The second-order valence-electron chi connectivity index (χ2n) is 7.48. The molecule has 158 valence electrons. The fourth-order valence-corrected chi connectivity index (χ4v) is 3.33. The van der Waals surface area contributed by atoms with Crippen LogP contribution < -0.4 is 15.5 Å². The zero-order valence-corrected chi connectivity index (χ0v) is 16.7. The van der Waals surface area contributed by atoms with Crippen LogP contribution in [0.5, 0.6) is 0 Å². The van der Waals surface area contributed by atoms with Crippen molar-refractivity contribution in [3.63, 3.8) is 0 Å². The molecule has 8 heteroatoms. The quantitative estimate of drug-likeness (QED) is 0.758. The molecule has 6 nitrogen and oxygen atoms in total. The van der Waals surface area contributed by atoms with E-state index in [2.05, 4.69) is 10.6 Å². The molecule has 0 spiro atoms. The van der Waals surface area contributed by atoms with E-state index < -0.39 is 35.1 Å². The third kappa shape index (κ3) is 4.64. The molecule has 0 saturated carbocycles. The van der Waals surface area contributed by atoms with Crippen LogP contribution in [0.3, 0.4) is 0 Å². The van der Waals surface area contributed by atoms with Crippen LogP contribution in [0.15, 0.2) is 42.5 Å². The van der Waals surface area contributed by atoms with E-state index in [4.69, 9.17) is 0 Å². The number of halogens is 2. The Hall–Kier alpha value is -3.29. The SMILES string of the molecule is CC(C)[C@H](NC(=O)c1c(F)cccc1F)C(=O)Nc1ccc(N2CCCC2=O)cc1. The number of rotatable bonds is 6. The molecular formula is C22H23F2N3O3. The first-order valence-electron chi connectivity index (χ1n) is 9.74. The zero-order chi connectivity index (χ0) is 21.8. The maximum atomic E-state index is 13.9. The highest BCUT2D eigenvalue weighted by Crippen LogP contribution is 2.23. The molecule has 1 fully saturated rings. The summed E-state index contributed by atoms with van der Waals surface area (Å²) in [4.78, 5) is 38.6. The number of amides is 3. The van der Waals surface area contributed by atoms with Crippen molar-refractivity contribution in [2.45, 2.75) is 32.7 Å². The van der Waals surface area contributed by atoms with Gasteiger partial charge in [-0.3, -0.25) is 14.4 Å². The number of hydrogen-bond acceptors (Lipinski definition) is 3. The molecule has 0 unspecified atom stereocenters. The monoisotopic (exact) mass is 415 g/mol. The minimum atomic E-state index is -1.00. The van der Waals surface area contributed by atoms with Gasteiger partial charge in [0.05, 0.1) is 0 Å². The van der Waals surface area contributed by atoms with Crippen LogP contribution >= 0.6 is 0 Å². The number of nitrogens with zero attached hydrogens (tertiary/aromatic N) is 1. The van der Waals surface area contributed by atoms with E-state index in [0.29, 0.717) is 18.7 Å². The fourth-order valence-electron chi connectivity index (χ4n) is 3.33. The maximum absolute atomic E-state index is 13.9. The minimum absolute atomic E-state index is 0.0646. The molecule has 2 aromatic rings. The summed E-state index contributed by atoms with van der Waals surface area (Å²) in [6.07, 6.45) is 1.34. The molecule has 3 amide bonds. The van der Waals surface area contributed by atoms with E-state index in [0.717, 1.165) is 30.3 Å². The lowest BCUT2D eigenvalue weighted by molar-refractivity contribution is -0.119. The van der Waals surface area contributed by atoms with Gasteiger partial charge in [0.1, 0.15) is 23.2 Å². The first-order valence-corrected chi connectivity index (χ1v) is 9.74. The van der Waals surface area contributed by atoms with Gasteiger partial charge in [0.2, 0.25) is 11.8 Å². The van der Waals surface area contributed by atoms with E-state index in [1.54, 1.807) is 43.0 Å². The number of anilines is 2. The van der Waals surface area contributed by atoms with Crippen molar-refractivity contribution in [2.24, 2.45) is 5.92 Å². The van der Waals surface area contributed by atoms with Gasteiger partial charge in [-0.15, -0.1) is 0 Å². The van der Waals surface area contributed by atoms with E-state index >= 15 is 0 Å². The summed E-state index contributed by atoms with van der Waals surface area (Å²) in [6, 6.07) is 8.91. The molecule has 1 atom stereocenters. The molecular weight excluding hydrogens is 392 g/mol. The van der Waals surface area contributed by atoms with Crippen LogP contribution in [0.1, 0.15) is 37.0 Å². The Morgan fingerprint density at radius 2 is 1.67 bits per heavy atom. The van der Waals surface area contributed by atoms with Gasteiger partial charge in [0.25, 0.3) is 5.91 Å². The van der Waals surface area contributed by atoms with E-state index in [9.17, 15) is 23.2 Å². The van der Waals surface area contributed by atoms with Gasteiger partial charge in [0.15, 0.2) is 0 Å². The van der Waals surface area contributed by atoms with Crippen molar-refractivity contribution in [3.05, 3.63) is 59.7 Å². The molecule has 1 saturated heterocycles. The van der Waals surface area contributed by atoms with Crippen molar-refractivity contribution in [2.75, 3.05) is 16.8 Å². The summed E-state index contributed by atoms with van der Waals surface area (Å²) in [6.45, 7) is 4.09. The molecule has 2 aromatic carbocycles. The lowest BCUT2D eigenvalue weighted by Crippen LogP contribution is -2.47. The van der Waals surface area contributed by atoms with Crippen LogP contribution in [-0.2, 0) is 9.59 Å². The summed E-state index contributed by atoms with van der Waals surface area (Å²) >= 11 is 0. The predicted molar refractivity (Wildman–Crippen MR) is 109 cm³/mol. The first kappa shape index (κ1) is 21.4. The Morgan fingerprint density at radius 1 is 1.03 bits per heavy atom. The van der Waals surface area contributed by atoms with Gasteiger partial charge >= 0.3 is 0 Å². The largest absolute Gasteiger partial charge is 0.340 e. The average Bonchev–Trinajstić information content (AvgIpc) is 3.12. The average molecular weight is 415 g/mol. The lowest BCUT2D eigenvalue weighted by atomic mass is 10.0. The third-order valence-electron chi connectivity index (χ3n) is 4.95. The van der Waals surface area contributed by atoms with Crippen LogP contribution in [-0.4, -0.2) is 30.3 Å². The molecule has 0 radical (unpaired) electrons. The molecule has 3 rings (SSSR count). The maximum Gasteiger partial charge on any atom is 0.257 e. The van der Waals surface area contributed by atoms with Crippen LogP contribution in [0.25, 0.3) is 0 Å². The second-order valence-corrected chi connectivity index (χ2v) is 7.48. The summed E-state index contributed by atoms with van der Waals surface area (Å²) in [5, 5.41) is 5.11. The fraction of sp³-hybridized carbons (Fsp3) is 0.318. The zero-order valence-electron chi connectivity index (χ0n) is 16.7. The molecule has 0 aromatic heterocycles. The molecule has 1 aliphatic heterocycles. The van der Waals surface area contributed by atoms with Gasteiger partial charge in [-0.25, -0.2) is 8.78 Å². The van der Waals surface area contributed by atoms with Crippen LogP contribution in [0.4, 0.5) is 20.2 Å². The van der Waals surface area contributed by atoms with Crippen LogP contribution in [0, 0.1) is 17.6 Å². The Bertz CT molecular complexity index is 940. The summed E-state index contributed by atoms with van der Waals surface area (Å²) in [7, 11) is 0. The highest BCUT2D eigenvalue weighted by Gasteiger charge is 2.27. The minimum Gasteiger partial charge on any atom is -0.340 e. The molecule has 2 N–H and O–H groups in total. The van der Waals surface area contributed by atoms with Crippen molar-refractivity contribution < 1.29 is 23.2 Å². The Balaban J connectivity index is 1.70. The van der Waals surface area contributed by atoms with Gasteiger partial charge in [-0.05, 0) is 48.7 Å². The number of benzene rings is 2.